The maximum atomic E-state index is 6.04. The third-order valence-electron chi connectivity index (χ3n) is 5.15. The summed E-state index contributed by atoms with van der Waals surface area (Å²) >= 11 is 6.04. The van der Waals surface area contributed by atoms with Crippen LogP contribution in [0.3, 0.4) is 0 Å². The highest BCUT2D eigenvalue weighted by molar-refractivity contribution is 6.31. The number of hydrogen-bond acceptors (Lipinski definition) is 6. The molecule has 0 amide bonds. The predicted octanol–water partition coefficient (Wildman–Crippen LogP) is 4.35. The number of halogens is 1. The minimum atomic E-state index is 0.273. The summed E-state index contributed by atoms with van der Waals surface area (Å²) in [7, 11) is 1.66. The first-order valence-electron chi connectivity index (χ1n) is 9.34. The Labute approximate surface area is 173 Å². The summed E-state index contributed by atoms with van der Waals surface area (Å²) in [6.45, 7) is 1.60. The number of hydrogen-bond donors (Lipinski definition) is 0. The molecular weight excluding hydrogens is 386 g/mol. The Hall–Kier alpha value is -3.25. The number of ether oxygens (including phenoxy) is 1. The second-order valence-corrected chi connectivity index (χ2v) is 7.43. The molecule has 2 aromatic heterocycles. The van der Waals surface area contributed by atoms with E-state index in [-0.39, 0.29) is 5.92 Å². The minimum Gasteiger partial charge on any atom is -0.497 e. The van der Waals surface area contributed by atoms with Crippen molar-refractivity contribution in [2.75, 3.05) is 25.1 Å². The van der Waals surface area contributed by atoms with Crippen molar-refractivity contribution in [3.05, 3.63) is 71.8 Å². The average molecular weight is 404 g/mol. The topological polar surface area (TPSA) is 64.0 Å². The van der Waals surface area contributed by atoms with Crippen LogP contribution in [0, 0.1) is 0 Å². The van der Waals surface area contributed by atoms with Gasteiger partial charge in [0.25, 0.3) is 0 Å². The van der Waals surface area contributed by atoms with E-state index in [1.807, 2.05) is 48.7 Å². The Bertz CT molecular complexity index is 1190. The van der Waals surface area contributed by atoms with Crippen molar-refractivity contribution in [1.82, 2.24) is 19.9 Å². The van der Waals surface area contributed by atoms with Gasteiger partial charge in [0.05, 0.1) is 24.0 Å². The van der Waals surface area contributed by atoms with Crippen molar-refractivity contribution in [3.8, 4) is 17.0 Å². The molecule has 1 aliphatic rings. The van der Waals surface area contributed by atoms with E-state index < -0.39 is 0 Å². The molecule has 0 spiro atoms. The Balaban J connectivity index is 1.39. The molecule has 0 unspecified atom stereocenters. The van der Waals surface area contributed by atoms with E-state index in [9.17, 15) is 0 Å². The van der Waals surface area contributed by atoms with E-state index in [1.54, 1.807) is 19.5 Å². The lowest BCUT2D eigenvalue weighted by Gasteiger charge is -2.39. The number of benzene rings is 2. The van der Waals surface area contributed by atoms with Crippen LogP contribution in [0.1, 0.15) is 11.6 Å². The molecule has 0 saturated carbocycles. The summed E-state index contributed by atoms with van der Waals surface area (Å²) in [5.41, 5.74) is 3.78. The van der Waals surface area contributed by atoms with Gasteiger partial charge in [-0.2, -0.15) is 0 Å². The molecule has 4 aromatic rings. The molecule has 0 atom stereocenters. The summed E-state index contributed by atoms with van der Waals surface area (Å²) in [6.07, 6.45) is 5.30. The van der Waals surface area contributed by atoms with Gasteiger partial charge in [-0.15, -0.1) is 0 Å². The molecule has 1 aliphatic heterocycles. The molecule has 29 heavy (non-hydrogen) atoms. The van der Waals surface area contributed by atoms with Crippen LogP contribution in [0.4, 0.5) is 5.95 Å². The molecule has 0 bridgehead atoms. The lowest BCUT2D eigenvalue weighted by molar-refractivity contribution is 0.415. The fourth-order valence-electron chi connectivity index (χ4n) is 3.60. The van der Waals surface area contributed by atoms with Crippen molar-refractivity contribution in [3.63, 3.8) is 0 Å². The highest BCUT2D eigenvalue weighted by Crippen LogP contribution is 2.34. The number of nitrogens with zero attached hydrogens (tertiary/aromatic N) is 5. The number of fused-ring (bicyclic) bond motifs is 1. The summed E-state index contributed by atoms with van der Waals surface area (Å²) in [4.78, 5) is 20.6. The fourth-order valence-corrected chi connectivity index (χ4v) is 3.78. The van der Waals surface area contributed by atoms with E-state index in [0.717, 1.165) is 52.6 Å². The Kier molecular flexibility index (Phi) is 4.48. The highest BCUT2D eigenvalue weighted by Gasteiger charge is 2.33. The molecule has 144 valence electrons. The maximum Gasteiger partial charge on any atom is 0.225 e. The zero-order chi connectivity index (χ0) is 19.8. The molecule has 6 nitrogen and oxygen atoms in total. The maximum absolute atomic E-state index is 6.04. The summed E-state index contributed by atoms with van der Waals surface area (Å²) in [5, 5.41) is 1.62. The number of methoxy groups -OCH3 is 1. The van der Waals surface area contributed by atoms with Crippen LogP contribution in [0.2, 0.25) is 5.02 Å². The van der Waals surface area contributed by atoms with Gasteiger partial charge in [0.1, 0.15) is 5.75 Å². The van der Waals surface area contributed by atoms with Crippen LogP contribution in [0.5, 0.6) is 5.75 Å². The molecule has 0 N–H and O–H groups in total. The van der Waals surface area contributed by atoms with Crippen molar-refractivity contribution in [2.45, 2.75) is 5.92 Å². The molecular formula is C22H18ClN5O. The first kappa shape index (κ1) is 17.8. The van der Waals surface area contributed by atoms with Gasteiger partial charge in [-0.3, -0.25) is 9.97 Å². The molecule has 5 rings (SSSR count). The van der Waals surface area contributed by atoms with Gasteiger partial charge in [0.15, 0.2) is 0 Å². The summed E-state index contributed by atoms with van der Waals surface area (Å²) in [6, 6.07) is 13.6. The van der Waals surface area contributed by atoms with Gasteiger partial charge >= 0.3 is 0 Å². The predicted molar refractivity (Wildman–Crippen MR) is 114 cm³/mol. The van der Waals surface area contributed by atoms with E-state index in [4.69, 9.17) is 16.3 Å². The van der Waals surface area contributed by atoms with Crippen LogP contribution >= 0.6 is 11.6 Å². The second-order valence-electron chi connectivity index (χ2n) is 7.00. The van der Waals surface area contributed by atoms with E-state index >= 15 is 0 Å². The zero-order valence-electron chi connectivity index (χ0n) is 15.8. The molecule has 1 fully saturated rings. The van der Waals surface area contributed by atoms with E-state index in [1.165, 1.54) is 0 Å². The van der Waals surface area contributed by atoms with Crippen molar-refractivity contribution in [1.29, 1.82) is 0 Å². The van der Waals surface area contributed by atoms with Crippen LogP contribution in [0.25, 0.3) is 22.2 Å². The Morgan fingerprint density at radius 1 is 1.03 bits per heavy atom. The Morgan fingerprint density at radius 2 is 1.90 bits per heavy atom. The van der Waals surface area contributed by atoms with Gasteiger partial charge < -0.3 is 9.64 Å². The normalized spacial score (nSPS) is 14.1. The zero-order valence-corrected chi connectivity index (χ0v) is 16.5. The third-order valence-corrected chi connectivity index (χ3v) is 5.39. The minimum absolute atomic E-state index is 0.273. The van der Waals surface area contributed by atoms with Crippen LogP contribution in [-0.2, 0) is 0 Å². The van der Waals surface area contributed by atoms with E-state index in [2.05, 4.69) is 24.8 Å². The molecule has 7 heteroatoms. The third kappa shape index (κ3) is 3.36. The molecule has 0 radical (unpaired) electrons. The largest absolute Gasteiger partial charge is 0.497 e. The average Bonchev–Trinajstić information content (AvgIpc) is 2.73. The van der Waals surface area contributed by atoms with Crippen LogP contribution in [0.15, 0.2) is 61.1 Å². The number of anilines is 1. The second kappa shape index (κ2) is 7.29. The molecule has 0 aliphatic carbocycles. The summed E-state index contributed by atoms with van der Waals surface area (Å²) < 4.78 is 5.35. The molecule has 2 aromatic carbocycles. The van der Waals surface area contributed by atoms with Crippen LogP contribution in [-0.4, -0.2) is 40.1 Å². The molecule has 3 heterocycles. The highest BCUT2D eigenvalue weighted by atomic mass is 35.5. The lowest BCUT2D eigenvalue weighted by Crippen LogP contribution is -2.46. The van der Waals surface area contributed by atoms with Gasteiger partial charge in [-0.25, -0.2) is 9.97 Å². The number of aromatic nitrogens is 4. The van der Waals surface area contributed by atoms with Crippen molar-refractivity contribution in [2.24, 2.45) is 0 Å². The van der Waals surface area contributed by atoms with E-state index in [0.29, 0.717) is 5.02 Å². The summed E-state index contributed by atoms with van der Waals surface area (Å²) in [5.74, 6) is 1.80. The van der Waals surface area contributed by atoms with Crippen molar-refractivity contribution >= 4 is 28.5 Å². The smallest absolute Gasteiger partial charge is 0.225 e. The monoisotopic (exact) mass is 403 g/mol. The van der Waals surface area contributed by atoms with Gasteiger partial charge in [-0.05, 0) is 30.3 Å². The van der Waals surface area contributed by atoms with Gasteiger partial charge in [0.2, 0.25) is 5.95 Å². The standard InChI is InChI=1S/C22H18ClN5O/c1-29-18-4-2-3-14(10-18)20-21(25-8-7-24-20)16-12-28(13-16)22-26-11-15-9-17(23)5-6-19(15)27-22/h2-11,16H,12-13H2,1H3. The Morgan fingerprint density at radius 3 is 2.76 bits per heavy atom. The quantitative estimate of drug-likeness (QED) is 0.504. The van der Waals surface area contributed by atoms with Gasteiger partial charge in [0, 0.05) is 53.6 Å². The first-order valence-corrected chi connectivity index (χ1v) is 9.71. The first-order chi connectivity index (χ1) is 14.2. The molecule has 1 saturated heterocycles. The SMILES string of the molecule is COc1cccc(-c2nccnc2C2CN(c3ncc4cc(Cl)ccc4n3)C2)c1. The van der Waals surface area contributed by atoms with Crippen molar-refractivity contribution < 1.29 is 4.74 Å². The van der Waals surface area contributed by atoms with Crippen LogP contribution < -0.4 is 9.64 Å². The number of rotatable bonds is 4. The fraction of sp³-hybridized carbons (Fsp3) is 0.182. The van der Waals surface area contributed by atoms with Gasteiger partial charge in [-0.1, -0.05) is 23.7 Å². The lowest BCUT2D eigenvalue weighted by atomic mass is 9.92.